The lowest BCUT2D eigenvalue weighted by Gasteiger charge is -2.23. The Balaban J connectivity index is 1.44. The minimum atomic E-state index is 0.229. The van der Waals surface area contributed by atoms with Crippen LogP contribution in [0.15, 0.2) is 30.6 Å². The number of imidazole rings is 2. The predicted molar refractivity (Wildman–Crippen MR) is 106 cm³/mol. The van der Waals surface area contributed by atoms with Crippen LogP contribution in [0.25, 0.3) is 22.2 Å². The van der Waals surface area contributed by atoms with Gasteiger partial charge in [-0.05, 0) is 36.6 Å². The van der Waals surface area contributed by atoms with Crippen LogP contribution in [0.3, 0.4) is 0 Å². The first-order chi connectivity index (χ1) is 13.3. The molecule has 5 rings (SSSR count). The number of benzene rings is 1. The topological polar surface area (TPSA) is 84.3 Å². The van der Waals surface area contributed by atoms with Gasteiger partial charge < -0.3 is 14.9 Å². The van der Waals surface area contributed by atoms with E-state index >= 15 is 0 Å². The smallest absolute Gasteiger partial charge is 0.226 e. The summed E-state index contributed by atoms with van der Waals surface area (Å²) in [7, 11) is 0. The van der Waals surface area contributed by atoms with Crippen molar-refractivity contribution in [2.24, 2.45) is 0 Å². The summed E-state index contributed by atoms with van der Waals surface area (Å²) >= 11 is 6.21. The number of halogens is 1. The molecule has 0 atom stereocenters. The summed E-state index contributed by atoms with van der Waals surface area (Å²) in [6.07, 6.45) is 8.01. The summed E-state index contributed by atoms with van der Waals surface area (Å²) < 4.78 is 2.16. The maximum atomic E-state index is 6.21. The van der Waals surface area contributed by atoms with E-state index in [2.05, 4.69) is 34.8 Å². The number of para-hydroxylation sites is 2. The number of aromatic amines is 1. The van der Waals surface area contributed by atoms with E-state index in [1.54, 1.807) is 0 Å². The number of hydrogen-bond acceptors (Lipinski definition) is 5. The molecule has 7 nitrogen and oxygen atoms in total. The molecule has 0 unspecified atom stereocenters. The summed E-state index contributed by atoms with van der Waals surface area (Å²) in [4.78, 5) is 21.3. The van der Waals surface area contributed by atoms with Gasteiger partial charge in [-0.1, -0.05) is 31.4 Å². The van der Waals surface area contributed by atoms with Gasteiger partial charge >= 0.3 is 0 Å². The van der Waals surface area contributed by atoms with E-state index in [0.29, 0.717) is 18.4 Å². The molecule has 0 spiro atoms. The van der Waals surface area contributed by atoms with Crippen molar-refractivity contribution in [1.29, 1.82) is 0 Å². The molecule has 138 valence electrons. The molecule has 3 aromatic heterocycles. The van der Waals surface area contributed by atoms with Gasteiger partial charge in [-0.15, -0.1) is 0 Å². The monoisotopic (exact) mass is 381 g/mol. The van der Waals surface area contributed by atoms with Crippen LogP contribution in [0.5, 0.6) is 0 Å². The number of fused-ring (bicyclic) bond motifs is 2. The molecular formula is C19H20ClN7. The third kappa shape index (κ3) is 3.12. The van der Waals surface area contributed by atoms with Crippen molar-refractivity contribution < 1.29 is 0 Å². The van der Waals surface area contributed by atoms with Crippen LogP contribution in [-0.2, 0) is 6.54 Å². The summed E-state index contributed by atoms with van der Waals surface area (Å²) in [6, 6.07) is 8.41. The zero-order chi connectivity index (χ0) is 18.2. The highest BCUT2D eigenvalue weighted by Gasteiger charge is 2.20. The second-order valence-electron chi connectivity index (χ2n) is 7.01. The Morgan fingerprint density at radius 1 is 1.11 bits per heavy atom. The van der Waals surface area contributed by atoms with Gasteiger partial charge in [0.15, 0.2) is 17.0 Å². The van der Waals surface area contributed by atoms with E-state index in [-0.39, 0.29) is 5.28 Å². The summed E-state index contributed by atoms with van der Waals surface area (Å²) in [6.45, 7) is 0.507. The lowest BCUT2D eigenvalue weighted by molar-refractivity contribution is 0.358. The molecule has 27 heavy (non-hydrogen) atoms. The average molecular weight is 382 g/mol. The predicted octanol–water partition coefficient (Wildman–Crippen LogP) is 4.47. The average Bonchev–Trinajstić information content (AvgIpc) is 3.30. The highest BCUT2D eigenvalue weighted by molar-refractivity contribution is 6.28. The Kier molecular flexibility index (Phi) is 4.16. The Hall–Kier alpha value is -2.67. The largest absolute Gasteiger partial charge is 0.361 e. The van der Waals surface area contributed by atoms with E-state index in [1.165, 1.54) is 19.3 Å². The van der Waals surface area contributed by atoms with Crippen LogP contribution < -0.4 is 5.32 Å². The van der Waals surface area contributed by atoms with Crippen LogP contribution in [0.1, 0.15) is 44.0 Å². The fourth-order valence-corrected chi connectivity index (χ4v) is 4.06. The Morgan fingerprint density at radius 2 is 1.96 bits per heavy atom. The number of nitrogens with one attached hydrogen (secondary N) is 2. The molecule has 8 heteroatoms. The highest BCUT2D eigenvalue weighted by Crippen LogP contribution is 2.32. The van der Waals surface area contributed by atoms with Crippen LogP contribution in [-0.4, -0.2) is 29.5 Å². The first-order valence-electron chi connectivity index (χ1n) is 9.35. The van der Waals surface area contributed by atoms with Gasteiger partial charge in [-0.3, -0.25) is 0 Å². The van der Waals surface area contributed by atoms with Crippen molar-refractivity contribution >= 4 is 39.6 Å². The molecule has 0 amide bonds. The molecule has 0 bridgehead atoms. The third-order valence-electron chi connectivity index (χ3n) is 5.22. The number of hydrogen-bond donors (Lipinski definition) is 2. The molecule has 3 heterocycles. The molecule has 1 fully saturated rings. The Morgan fingerprint density at radius 3 is 2.81 bits per heavy atom. The first kappa shape index (κ1) is 16.5. The zero-order valence-electron chi connectivity index (χ0n) is 14.8. The quantitative estimate of drug-likeness (QED) is 0.509. The molecule has 0 aliphatic heterocycles. The van der Waals surface area contributed by atoms with Gasteiger partial charge in [0.2, 0.25) is 5.28 Å². The van der Waals surface area contributed by atoms with Crippen LogP contribution in [0.4, 0.5) is 5.82 Å². The van der Waals surface area contributed by atoms with Crippen LogP contribution >= 0.6 is 11.6 Å². The fraction of sp³-hybridized carbons (Fsp3) is 0.368. The van der Waals surface area contributed by atoms with Gasteiger partial charge in [0.1, 0.15) is 5.82 Å². The molecule has 0 radical (unpaired) electrons. The maximum Gasteiger partial charge on any atom is 0.226 e. The van der Waals surface area contributed by atoms with Crippen LogP contribution in [0, 0.1) is 0 Å². The molecular weight excluding hydrogens is 362 g/mol. The molecule has 4 aromatic rings. The van der Waals surface area contributed by atoms with E-state index in [4.69, 9.17) is 11.6 Å². The number of nitrogens with zero attached hydrogens (tertiary/aromatic N) is 5. The fourth-order valence-electron chi connectivity index (χ4n) is 3.90. The lowest BCUT2D eigenvalue weighted by Crippen LogP contribution is -2.12. The number of rotatable bonds is 4. The standard InChI is InChI=1S/C19H20ClN7/c20-19-25-17(21-10-15-23-13-8-4-5-9-14(13)24-15)16-18(26-19)27(11-22-16)12-6-2-1-3-7-12/h4-5,8-9,11-12H,1-3,6-7,10H2,(H,23,24)(H,21,25,26). The minimum absolute atomic E-state index is 0.229. The Bertz CT molecular complexity index is 1060. The van der Waals surface area contributed by atoms with Crippen molar-refractivity contribution in [3.05, 3.63) is 41.7 Å². The second-order valence-corrected chi connectivity index (χ2v) is 7.35. The van der Waals surface area contributed by atoms with E-state index in [9.17, 15) is 0 Å². The normalized spacial score (nSPS) is 15.6. The Labute approximate surface area is 161 Å². The summed E-state index contributed by atoms with van der Waals surface area (Å²) in [5, 5.41) is 3.55. The van der Waals surface area contributed by atoms with E-state index < -0.39 is 0 Å². The van der Waals surface area contributed by atoms with Crippen molar-refractivity contribution in [2.75, 3.05) is 5.32 Å². The molecule has 1 saturated carbocycles. The second kappa shape index (κ2) is 6.81. The summed E-state index contributed by atoms with van der Waals surface area (Å²) in [5.41, 5.74) is 3.51. The van der Waals surface area contributed by atoms with Crippen molar-refractivity contribution in [3.63, 3.8) is 0 Å². The third-order valence-corrected chi connectivity index (χ3v) is 5.39. The maximum absolute atomic E-state index is 6.21. The molecule has 1 aliphatic rings. The van der Waals surface area contributed by atoms with E-state index in [0.717, 1.165) is 40.9 Å². The van der Waals surface area contributed by atoms with Crippen molar-refractivity contribution in [2.45, 2.75) is 44.7 Å². The minimum Gasteiger partial charge on any atom is -0.361 e. The molecule has 1 aromatic carbocycles. The molecule has 1 aliphatic carbocycles. The van der Waals surface area contributed by atoms with Crippen LogP contribution in [0.2, 0.25) is 5.28 Å². The number of anilines is 1. The number of aromatic nitrogens is 6. The molecule has 0 saturated heterocycles. The van der Waals surface area contributed by atoms with Gasteiger partial charge in [-0.2, -0.15) is 9.97 Å². The first-order valence-corrected chi connectivity index (χ1v) is 9.73. The van der Waals surface area contributed by atoms with Gasteiger partial charge in [0.25, 0.3) is 0 Å². The van der Waals surface area contributed by atoms with Crippen molar-refractivity contribution in [3.8, 4) is 0 Å². The van der Waals surface area contributed by atoms with E-state index in [1.807, 2.05) is 30.6 Å². The lowest BCUT2D eigenvalue weighted by atomic mass is 9.95. The van der Waals surface area contributed by atoms with Gasteiger partial charge in [0.05, 0.1) is 23.9 Å². The highest BCUT2D eigenvalue weighted by atomic mass is 35.5. The summed E-state index contributed by atoms with van der Waals surface area (Å²) in [5.74, 6) is 1.48. The van der Waals surface area contributed by atoms with Gasteiger partial charge in [0, 0.05) is 6.04 Å². The zero-order valence-corrected chi connectivity index (χ0v) is 15.6. The number of H-pyrrole nitrogens is 1. The van der Waals surface area contributed by atoms with Crippen molar-refractivity contribution in [1.82, 2.24) is 29.5 Å². The SMILES string of the molecule is Clc1nc(NCc2nc3ccccc3[nH]2)c2ncn(C3CCCCC3)c2n1. The molecule has 2 N–H and O–H groups in total. The van der Waals surface area contributed by atoms with Gasteiger partial charge in [-0.25, -0.2) is 9.97 Å².